The Morgan fingerprint density at radius 3 is 2.55 bits per heavy atom. The number of benzene rings is 1. The van der Waals surface area contributed by atoms with E-state index in [0.717, 1.165) is 0 Å². The van der Waals surface area contributed by atoms with Crippen molar-refractivity contribution in [3.63, 3.8) is 0 Å². The van der Waals surface area contributed by atoms with Gasteiger partial charge in [0.1, 0.15) is 0 Å². The average molecular weight is 281 g/mol. The molecule has 20 heavy (non-hydrogen) atoms. The molecule has 5 nitrogen and oxygen atoms in total. The van der Waals surface area contributed by atoms with Gasteiger partial charge in [0.05, 0.1) is 13.7 Å². The summed E-state index contributed by atoms with van der Waals surface area (Å²) < 4.78 is 10.8. The van der Waals surface area contributed by atoms with Crippen LogP contribution in [-0.4, -0.2) is 30.8 Å². The fraction of sp³-hybridized carbons (Fsp3) is 0.533. The van der Waals surface area contributed by atoms with Crippen LogP contribution in [0.15, 0.2) is 18.2 Å². The van der Waals surface area contributed by atoms with E-state index in [2.05, 4.69) is 5.32 Å². The molecule has 1 unspecified atom stereocenters. The van der Waals surface area contributed by atoms with Crippen LogP contribution in [0, 0.1) is 5.92 Å². The Hall–Kier alpha value is -1.75. The molecule has 5 heteroatoms. The van der Waals surface area contributed by atoms with Crippen LogP contribution >= 0.6 is 0 Å². The van der Waals surface area contributed by atoms with Gasteiger partial charge in [0.25, 0.3) is 5.91 Å². The first kappa shape index (κ1) is 16.3. The first-order valence-electron chi connectivity index (χ1n) is 6.70. The molecule has 1 rings (SSSR count). The Kier molecular flexibility index (Phi) is 6.31. The molecule has 0 bridgehead atoms. The maximum Gasteiger partial charge on any atom is 0.260 e. The van der Waals surface area contributed by atoms with Crippen LogP contribution in [0.2, 0.25) is 0 Å². The lowest BCUT2D eigenvalue weighted by molar-refractivity contribution is -0.127. The highest BCUT2D eigenvalue weighted by molar-refractivity contribution is 5.80. The zero-order valence-corrected chi connectivity index (χ0v) is 12.5. The van der Waals surface area contributed by atoms with Crippen molar-refractivity contribution >= 4 is 5.91 Å². The molecule has 0 radical (unpaired) electrons. The third kappa shape index (κ3) is 4.74. The molecule has 0 aromatic heterocycles. The van der Waals surface area contributed by atoms with Crippen molar-refractivity contribution in [3.05, 3.63) is 23.8 Å². The quantitative estimate of drug-likeness (QED) is 0.798. The molecule has 1 amide bonds. The first-order valence-corrected chi connectivity index (χ1v) is 6.70. The van der Waals surface area contributed by atoms with Gasteiger partial charge in [-0.3, -0.25) is 4.79 Å². The number of nitrogens with one attached hydrogen (secondary N) is 1. The van der Waals surface area contributed by atoms with Crippen LogP contribution < -0.4 is 14.8 Å². The second kappa shape index (κ2) is 7.75. The summed E-state index contributed by atoms with van der Waals surface area (Å²) in [6.45, 7) is 6.26. The van der Waals surface area contributed by atoms with Gasteiger partial charge in [0.2, 0.25) is 0 Å². The molecule has 0 saturated carbocycles. The van der Waals surface area contributed by atoms with E-state index < -0.39 is 6.10 Å². The van der Waals surface area contributed by atoms with Crippen molar-refractivity contribution < 1.29 is 19.4 Å². The monoisotopic (exact) mass is 281 g/mol. The van der Waals surface area contributed by atoms with E-state index in [1.165, 1.54) is 7.11 Å². The van der Waals surface area contributed by atoms with Crippen LogP contribution in [0.3, 0.4) is 0 Å². The number of rotatable bonds is 7. The Morgan fingerprint density at radius 1 is 1.30 bits per heavy atom. The highest BCUT2D eigenvalue weighted by Crippen LogP contribution is 2.29. The summed E-state index contributed by atoms with van der Waals surface area (Å²) >= 11 is 0. The molecule has 0 fully saturated rings. The van der Waals surface area contributed by atoms with E-state index in [9.17, 15) is 4.79 Å². The Labute approximate surface area is 119 Å². The van der Waals surface area contributed by atoms with Crippen molar-refractivity contribution in [2.24, 2.45) is 5.92 Å². The number of ether oxygens (including phenoxy) is 2. The number of aliphatic hydroxyl groups is 1. The summed E-state index contributed by atoms with van der Waals surface area (Å²) in [6.07, 6.45) is -0.628. The number of carbonyl (C=O) groups is 1. The van der Waals surface area contributed by atoms with Gasteiger partial charge in [-0.1, -0.05) is 19.9 Å². The van der Waals surface area contributed by atoms with Gasteiger partial charge in [-0.2, -0.15) is 0 Å². The Morgan fingerprint density at radius 2 is 2.00 bits per heavy atom. The predicted molar refractivity (Wildman–Crippen MR) is 76.9 cm³/mol. The van der Waals surface area contributed by atoms with Gasteiger partial charge in [-0.25, -0.2) is 0 Å². The van der Waals surface area contributed by atoms with E-state index in [-0.39, 0.29) is 12.5 Å². The molecule has 1 aromatic carbocycles. The smallest absolute Gasteiger partial charge is 0.260 e. The van der Waals surface area contributed by atoms with Crippen LogP contribution in [0.5, 0.6) is 11.5 Å². The maximum absolute atomic E-state index is 11.9. The molecular weight excluding hydrogens is 258 g/mol. The normalized spacial score (nSPS) is 12.1. The van der Waals surface area contributed by atoms with Gasteiger partial charge >= 0.3 is 0 Å². The van der Waals surface area contributed by atoms with E-state index >= 15 is 0 Å². The van der Waals surface area contributed by atoms with Gasteiger partial charge in [0, 0.05) is 6.54 Å². The van der Waals surface area contributed by atoms with Gasteiger partial charge < -0.3 is 19.9 Å². The van der Waals surface area contributed by atoms with Crippen LogP contribution in [-0.2, 0) is 11.4 Å². The van der Waals surface area contributed by atoms with Crippen molar-refractivity contribution in [1.82, 2.24) is 5.32 Å². The van der Waals surface area contributed by atoms with Crippen LogP contribution in [0.4, 0.5) is 0 Å². The highest BCUT2D eigenvalue weighted by atomic mass is 16.5. The van der Waals surface area contributed by atoms with Crippen molar-refractivity contribution in [3.8, 4) is 11.5 Å². The summed E-state index contributed by atoms with van der Waals surface area (Å²) in [7, 11) is 1.53. The minimum atomic E-state index is -0.628. The van der Waals surface area contributed by atoms with Crippen molar-refractivity contribution in [1.29, 1.82) is 0 Å². The summed E-state index contributed by atoms with van der Waals surface area (Å²) in [5.74, 6) is 1.20. The van der Waals surface area contributed by atoms with Gasteiger partial charge in [-0.15, -0.1) is 0 Å². The maximum atomic E-state index is 11.9. The third-order valence-electron chi connectivity index (χ3n) is 2.77. The van der Waals surface area contributed by atoms with Crippen molar-refractivity contribution in [2.45, 2.75) is 33.5 Å². The molecule has 0 aliphatic rings. The molecule has 0 aliphatic heterocycles. The Bertz CT molecular complexity index is 445. The zero-order valence-electron chi connectivity index (χ0n) is 12.5. The lowest BCUT2D eigenvalue weighted by Crippen LogP contribution is -2.38. The second-order valence-corrected chi connectivity index (χ2v) is 5.04. The Balaban J connectivity index is 2.73. The SMILES string of the molecule is COc1ccc(CO)cc1OC(C)C(=O)NCC(C)C. The number of hydrogen-bond acceptors (Lipinski definition) is 4. The van der Waals surface area contributed by atoms with Crippen LogP contribution in [0.1, 0.15) is 26.3 Å². The number of aliphatic hydroxyl groups excluding tert-OH is 1. The predicted octanol–water partition coefficient (Wildman–Crippen LogP) is 1.73. The van der Waals surface area contributed by atoms with E-state index in [4.69, 9.17) is 14.6 Å². The van der Waals surface area contributed by atoms with E-state index in [1.54, 1.807) is 25.1 Å². The minimum Gasteiger partial charge on any atom is -0.493 e. The van der Waals surface area contributed by atoms with Gasteiger partial charge in [-0.05, 0) is 30.5 Å². The van der Waals surface area contributed by atoms with E-state index in [0.29, 0.717) is 29.5 Å². The molecule has 0 heterocycles. The number of methoxy groups -OCH3 is 1. The highest BCUT2D eigenvalue weighted by Gasteiger charge is 2.17. The van der Waals surface area contributed by atoms with Crippen molar-refractivity contribution in [2.75, 3.05) is 13.7 Å². The number of hydrogen-bond donors (Lipinski definition) is 2. The average Bonchev–Trinajstić information content (AvgIpc) is 2.44. The van der Waals surface area contributed by atoms with Gasteiger partial charge in [0.15, 0.2) is 17.6 Å². The lowest BCUT2D eigenvalue weighted by atomic mass is 10.2. The summed E-state index contributed by atoms with van der Waals surface area (Å²) in [4.78, 5) is 11.9. The topological polar surface area (TPSA) is 67.8 Å². The largest absolute Gasteiger partial charge is 0.493 e. The number of amides is 1. The fourth-order valence-corrected chi connectivity index (χ4v) is 1.60. The number of carbonyl (C=O) groups excluding carboxylic acids is 1. The third-order valence-corrected chi connectivity index (χ3v) is 2.77. The zero-order chi connectivity index (χ0) is 15.1. The second-order valence-electron chi connectivity index (χ2n) is 5.04. The fourth-order valence-electron chi connectivity index (χ4n) is 1.60. The standard InChI is InChI=1S/C15H23NO4/c1-10(2)8-16-15(18)11(3)20-14-7-12(9-17)5-6-13(14)19-4/h5-7,10-11,17H,8-9H2,1-4H3,(H,16,18). The summed E-state index contributed by atoms with van der Waals surface area (Å²) in [5.41, 5.74) is 0.704. The van der Waals surface area contributed by atoms with E-state index in [1.807, 2.05) is 13.8 Å². The molecular formula is C15H23NO4. The van der Waals surface area contributed by atoms with Crippen LogP contribution in [0.25, 0.3) is 0 Å². The summed E-state index contributed by atoms with van der Waals surface area (Å²) in [5, 5.41) is 12.0. The molecule has 1 atom stereocenters. The molecule has 1 aromatic rings. The molecule has 0 aliphatic carbocycles. The minimum absolute atomic E-state index is 0.0890. The molecule has 0 spiro atoms. The molecule has 0 saturated heterocycles. The molecule has 2 N–H and O–H groups in total. The first-order chi connectivity index (χ1) is 9.47. The molecule has 112 valence electrons. The summed E-state index contributed by atoms with van der Waals surface area (Å²) in [6, 6.07) is 5.12. The lowest BCUT2D eigenvalue weighted by Gasteiger charge is -2.18.